The van der Waals surface area contributed by atoms with E-state index in [9.17, 15) is 9.59 Å². The first-order chi connectivity index (χ1) is 10.3. The minimum atomic E-state index is -0.527. The number of hydrogen-bond donors (Lipinski definition) is 0. The number of benzene rings is 1. The molecule has 4 nitrogen and oxygen atoms in total. The third kappa shape index (κ3) is 7.62. The molecule has 4 heteroatoms. The van der Waals surface area contributed by atoms with Gasteiger partial charge in [0.25, 0.3) is 0 Å². The summed E-state index contributed by atoms with van der Waals surface area (Å²) in [5.41, 5.74) is 0.519. The molecule has 0 bridgehead atoms. The van der Waals surface area contributed by atoms with Crippen molar-refractivity contribution >= 4 is 11.9 Å². The van der Waals surface area contributed by atoms with Crippen molar-refractivity contribution in [3.63, 3.8) is 0 Å². The number of nitrogens with zero attached hydrogens (tertiary/aromatic N) is 1. The van der Waals surface area contributed by atoms with Crippen LogP contribution in [0.5, 0.6) is 0 Å². The summed E-state index contributed by atoms with van der Waals surface area (Å²) in [5.74, 6) is 0.00637. The van der Waals surface area contributed by atoms with Gasteiger partial charge in [-0.1, -0.05) is 36.4 Å². The molecule has 0 saturated heterocycles. The van der Waals surface area contributed by atoms with E-state index in [0.717, 1.165) is 5.56 Å². The number of allylic oxidation sites excluding steroid dienone is 1. The minimum absolute atomic E-state index is 0.00637. The van der Waals surface area contributed by atoms with Crippen molar-refractivity contribution in [2.45, 2.75) is 46.3 Å². The van der Waals surface area contributed by atoms with Crippen LogP contribution in [0, 0.1) is 0 Å². The van der Waals surface area contributed by atoms with Crippen LogP contribution in [0.4, 0.5) is 4.79 Å². The van der Waals surface area contributed by atoms with Crippen molar-refractivity contribution < 1.29 is 14.3 Å². The molecule has 0 fully saturated rings. The largest absolute Gasteiger partial charge is 0.444 e. The van der Waals surface area contributed by atoms with Crippen molar-refractivity contribution in [3.05, 3.63) is 48.0 Å². The topological polar surface area (TPSA) is 46.6 Å². The van der Waals surface area contributed by atoms with Crippen LogP contribution in [0.15, 0.2) is 42.5 Å². The average Bonchev–Trinajstić information content (AvgIpc) is 2.41. The molecule has 0 atom stereocenters. The third-order valence-corrected chi connectivity index (χ3v) is 2.79. The number of amides is 1. The third-order valence-electron chi connectivity index (χ3n) is 2.79. The van der Waals surface area contributed by atoms with Crippen LogP contribution >= 0.6 is 0 Å². The van der Waals surface area contributed by atoms with Gasteiger partial charge in [-0.15, -0.1) is 0 Å². The van der Waals surface area contributed by atoms with Crippen LogP contribution in [-0.2, 0) is 16.1 Å². The van der Waals surface area contributed by atoms with E-state index in [1.165, 1.54) is 13.0 Å². The molecule has 0 aliphatic heterocycles. The summed E-state index contributed by atoms with van der Waals surface area (Å²) in [6, 6.07) is 9.78. The summed E-state index contributed by atoms with van der Waals surface area (Å²) in [7, 11) is 0. The first kappa shape index (κ1) is 18.0. The normalized spacial score (nSPS) is 11.5. The van der Waals surface area contributed by atoms with E-state index >= 15 is 0 Å². The van der Waals surface area contributed by atoms with E-state index < -0.39 is 5.60 Å². The zero-order valence-electron chi connectivity index (χ0n) is 13.8. The Morgan fingerprint density at radius 2 is 1.82 bits per heavy atom. The maximum absolute atomic E-state index is 12.3. The highest BCUT2D eigenvalue weighted by atomic mass is 16.6. The van der Waals surface area contributed by atoms with E-state index in [0.29, 0.717) is 19.5 Å². The maximum Gasteiger partial charge on any atom is 0.410 e. The molecular weight excluding hydrogens is 278 g/mol. The highest BCUT2D eigenvalue weighted by Crippen LogP contribution is 2.13. The average molecular weight is 303 g/mol. The molecule has 1 rings (SSSR count). The Balaban J connectivity index is 2.71. The first-order valence-electron chi connectivity index (χ1n) is 7.47. The van der Waals surface area contributed by atoms with Gasteiger partial charge in [0.15, 0.2) is 5.78 Å². The fourth-order valence-corrected chi connectivity index (χ4v) is 1.84. The first-order valence-corrected chi connectivity index (χ1v) is 7.47. The summed E-state index contributed by atoms with van der Waals surface area (Å²) in [6.45, 7) is 8.05. The standard InChI is InChI=1S/C18H25NO3/c1-15(20)10-8-9-13-19(17(21)22-18(2,3)4)14-16-11-6-5-7-12-16/h5-8,10-12H,9,13-14H2,1-4H3/b10-8+. The second kappa shape index (κ2) is 8.37. The van der Waals surface area contributed by atoms with Gasteiger partial charge in [-0.2, -0.15) is 0 Å². The van der Waals surface area contributed by atoms with Crippen LogP contribution in [0.1, 0.15) is 39.7 Å². The molecule has 1 aromatic rings. The molecule has 0 aromatic heterocycles. The number of rotatable bonds is 6. The van der Waals surface area contributed by atoms with Crippen molar-refractivity contribution in [2.24, 2.45) is 0 Å². The van der Waals surface area contributed by atoms with E-state index in [-0.39, 0.29) is 11.9 Å². The van der Waals surface area contributed by atoms with Crippen LogP contribution in [-0.4, -0.2) is 28.9 Å². The Hall–Kier alpha value is -2.10. The summed E-state index contributed by atoms with van der Waals surface area (Å²) in [4.78, 5) is 24.9. The van der Waals surface area contributed by atoms with Gasteiger partial charge in [0.1, 0.15) is 5.60 Å². The predicted octanol–water partition coefficient (Wildman–Crippen LogP) is 3.96. The van der Waals surface area contributed by atoms with Gasteiger partial charge < -0.3 is 9.64 Å². The number of hydrogen-bond acceptors (Lipinski definition) is 3. The molecule has 1 amide bonds. The molecule has 0 saturated carbocycles. The molecule has 22 heavy (non-hydrogen) atoms. The van der Waals surface area contributed by atoms with Gasteiger partial charge in [0.2, 0.25) is 0 Å². The number of ether oxygens (including phenoxy) is 1. The van der Waals surface area contributed by atoms with Gasteiger partial charge in [-0.25, -0.2) is 4.79 Å². The molecule has 0 N–H and O–H groups in total. The van der Waals surface area contributed by atoms with E-state index in [1.807, 2.05) is 51.1 Å². The Labute approximate surface area is 132 Å². The molecular formula is C18H25NO3. The summed E-state index contributed by atoms with van der Waals surface area (Å²) in [6.07, 6.45) is 3.58. The fourth-order valence-electron chi connectivity index (χ4n) is 1.84. The lowest BCUT2D eigenvalue weighted by molar-refractivity contribution is -0.112. The SMILES string of the molecule is CC(=O)/C=C/CCN(Cc1ccccc1)C(=O)OC(C)(C)C. The molecule has 0 heterocycles. The summed E-state index contributed by atoms with van der Waals surface area (Å²) >= 11 is 0. The zero-order valence-corrected chi connectivity index (χ0v) is 13.8. The Morgan fingerprint density at radius 1 is 1.18 bits per heavy atom. The molecule has 0 spiro atoms. The monoisotopic (exact) mass is 303 g/mol. The van der Waals surface area contributed by atoms with Crippen molar-refractivity contribution in [3.8, 4) is 0 Å². The van der Waals surface area contributed by atoms with E-state index in [2.05, 4.69) is 0 Å². The molecule has 0 aliphatic carbocycles. The molecule has 0 aliphatic rings. The van der Waals surface area contributed by atoms with Crippen LogP contribution in [0.25, 0.3) is 0 Å². The van der Waals surface area contributed by atoms with Gasteiger partial charge in [-0.05, 0) is 45.8 Å². The molecule has 120 valence electrons. The molecule has 1 aromatic carbocycles. The van der Waals surface area contributed by atoms with Crippen LogP contribution in [0.3, 0.4) is 0 Å². The van der Waals surface area contributed by atoms with Gasteiger partial charge >= 0.3 is 6.09 Å². The lowest BCUT2D eigenvalue weighted by Gasteiger charge is -2.27. The Morgan fingerprint density at radius 3 is 2.36 bits per heavy atom. The van der Waals surface area contributed by atoms with E-state index in [4.69, 9.17) is 4.74 Å². The number of ketones is 1. The Bertz CT molecular complexity index is 515. The zero-order chi connectivity index (χ0) is 16.6. The maximum atomic E-state index is 12.3. The highest BCUT2D eigenvalue weighted by Gasteiger charge is 2.21. The van der Waals surface area contributed by atoms with Crippen molar-refractivity contribution in [2.75, 3.05) is 6.54 Å². The van der Waals surface area contributed by atoms with Gasteiger partial charge in [0, 0.05) is 13.1 Å². The summed E-state index contributed by atoms with van der Waals surface area (Å²) in [5, 5.41) is 0. The quantitative estimate of drug-likeness (QED) is 0.747. The second-order valence-electron chi connectivity index (χ2n) is 6.19. The van der Waals surface area contributed by atoms with Crippen LogP contribution < -0.4 is 0 Å². The predicted molar refractivity (Wildman–Crippen MR) is 87.5 cm³/mol. The molecule has 0 radical (unpaired) electrons. The van der Waals surface area contributed by atoms with Gasteiger partial charge in [-0.3, -0.25) is 4.79 Å². The van der Waals surface area contributed by atoms with Crippen molar-refractivity contribution in [1.29, 1.82) is 0 Å². The lowest BCUT2D eigenvalue weighted by Crippen LogP contribution is -2.37. The van der Waals surface area contributed by atoms with Gasteiger partial charge in [0.05, 0.1) is 0 Å². The van der Waals surface area contributed by atoms with Crippen molar-refractivity contribution in [1.82, 2.24) is 4.90 Å². The van der Waals surface area contributed by atoms with E-state index in [1.54, 1.807) is 11.0 Å². The Kier molecular flexibility index (Phi) is 6.83. The smallest absolute Gasteiger partial charge is 0.410 e. The number of carbonyl (C=O) groups is 2. The van der Waals surface area contributed by atoms with Crippen LogP contribution in [0.2, 0.25) is 0 Å². The number of carbonyl (C=O) groups excluding carboxylic acids is 2. The fraction of sp³-hybridized carbons (Fsp3) is 0.444. The lowest BCUT2D eigenvalue weighted by atomic mass is 10.2. The highest BCUT2D eigenvalue weighted by molar-refractivity contribution is 5.87. The summed E-state index contributed by atoms with van der Waals surface area (Å²) < 4.78 is 5.45. The minimum Gasteiger partial charge on any atom is -0.444 e. The molecule has 0 unspecified atom stereocenters. The second-order valence-corrected chi connectivity index (χ2v) is 6.19.